The zero-order chi connectivity index (χ0) is 24.5. The molecule has 0 saturated heterocycles. The van der Waals surface area contributed by atoms with Gasteiger partial charge in [-0.2, -0.15) is 9.78 Å². The van der Waals surface area contributed by atoms with Crippen molar-refractivity contribution >= 4 is 33.0 Å². The molecule has 0 unspecified atom stereocenters. The van der Waals surface area contributed by atoms with E-state index in [2.05, 4.69) is 71.6 Å². The number of nitrogens with zero attached hydrogens (tertiary/aromatic N) is 4. The summed E-state index contributed by atoms with van der Waals surface area (Å²) in [6.45, 7) is 6.37. The standard InChI is InChI=1S/C29H31BrN4O/c1-4-21-10-13-25(14-11-21)33-19(2)16-23(20(33)3)18-31-34-28(22-8-6-5-7-9-22)32-27-15-12-24(30)17-26(27)29(34)35/h10-18,22H,4-9H2,1-3H3. The van der Waals surface area contributed by atoms with Gasteiger partial charge >= 0.3 is 0 Å². The zero-order valence-electron chi connectivity index (χ0n) is 20.6. The highest BCUT2D eigenvalue weighted by atomic mass is 79.9. The molecule has 6 heteroatoms. The highest BCUT2D eigenvalue weighted by molar-refractivity contribution is 9.10. The predicted molar refractivity (Wildman–Crippen MR) is 147 cm³/mol. The van der Waals surface area contributed by atoms with Crippen molar-refractivity contribution < 1.29 is 0 Å². The van der Waals surface area contributed by atoms with Crippen LogP contribution in [0.25, 0.3) is 16.6 Å². The fourth-order valence-corrected chi connectivity index (χ4v) is 5.58. The van der Waals surface area contributed by atoms with Gasteiger partial charge in [0.05, 0.1) is 17.1 Å². The lowest BCUT2D eigenvalue weighted by atomic mass is 9.88. The van der Waals surface area contributed by atoms with Gasteiger partial charge in [0.25, 0.3) is 5.56 Å². The Morgan fingerprint density at radius 2 is 1.80 bits per heavy atom. The summed E-state index contributed by atoms with van der Waals surface area (Å²) in [6, 6.07) is 16.5. The Morgan fingerprint density at radius 1 is 1.06 bits per heavy atom. The van der Waals surface area contributed by atoms with Crippen LogP contribution in [-0.2, 0) is 6.42 Å². The lowest BCUT2D eigenvalue weighted by Gasteiger charge is -2.22. The average Bonchev–Trinajstić information content (AvgIpc) is 3.17. The molecule has 0 spiro atoms. The first-order valence-electron chi connectivity index (χ1n) is 12.5. The van der Waals surface area contributed by atoms with Crippen molar-refractivity contribution in [3.05, 3.63) is 91.7 Å². The van der Waals surface area contributed by atoms with Gasteiger partial charge in [-0.05, 0) is 75.1 Å². The van der Waals surface area contributed by atoms with E-state index >= 15 is 0 Å². The third kappa shape index (κ3) is 4.64. The molecule has 2 aromatic carbocycles. The lowest BCUT2D eigenvalue weighted by molar-refractivity contribution is 0.416. The van der Waals surface area contributed by atoms with E-state index in [-0.39, 0.29) is 11.5 Å². The molecular weight excluding hydrogens is 500 g/mol. The van der Waals surface area contributed by atoms with Crippen LogP contribution in [0.1, 0.15) is 73.3 Å². The van der Waals surface area contributed by atoms with Crippen LogP contribution in [0.3, 0.4) is 0 Å². The monoisotopic (exact) mass is 530 g/mol. The second-order valence-corrected chi connectivity index (χ2v) is 10.4. The van der Waals surface area contributed by atoms with Gasteiger partial charge < -0.3 is 4.57 Å². The molecule has 5 nitrogen and oxygen atoms in total. The molecule has 0 bridgehead atoms. The Balaban J connectivity index is 1.59. The van der Waals surface area contributed by atoms with Gasteiger partial charge in [-0.25, -0.2) is 4.98 Å². The smallest absolute Gasteiger partial charge is 0.282 e. The molecule has 1 aliphatic rings. The Hall–Kier alpha value is -2.99. The summed E-state index contributed by atoms with van der Waals surface area (Å²) in [5.74, 6) is 1.04. The number of halogens is 1. The van der Waals surface area contributed by atoms with Crippen molar-refractivity contribution in [2.45, 2.75) is 65.2 Å². The van der Waals surface area contributed by atoms with Crippen molar-refractivity contribution in [3.63, 3.8) is 0 Å². The molecule has 35 heavy (non-hydrogen) atoms. The number of aromatic nitrogens is 3. The number of rotatable bonds is 5. The van der Waals surface area contributed by atoms with Crippen molar-refractivity contribution in [1.29, 1.82) is 0 Å². The maximum atomic E-state index is 13.6. The maximum absolute atomic E-state index is 13.6. The number of hydrogen-bond acceptors (Lipinski definition) is 3. The van der Waals surface area contributed by atoms with E-state index in [9.17, 15) is 4.79 Å². The van der Waals surface area contributed by atoms with Gasteiger partial charge in [0.15, 0.2) is 0 Å². The van der Waals surface area contributed by atoms with E-state index in [1.165, 1.54) is 24.8 Å². The zero-order valence-corrected chi connectivity index (χ0v) is 22.2. The maximum Gasteiger partial charge on any atom is 0.282 e. The first-order valence-corrected chi connectivity index (χ1v) is 13.3. The molecule has 5 rings (SSSR count). The van der Waals surface area contributed by atoms with Crippen LogP contribution in [0.15, 0.2) is 62.9 Å². The van der Waals surface area contributed by atoms with E-state index in [4.69, 9.17) is 10.1 Å². The first-order chi connectivity index (χ1) is 17.0. The van der Waals surface area contributed by atoms with E-state index in [0.717, 1.165) is 57.7 Å². The third-order valence-corrected chi connectivity index (χ3v) is 7.68. The van der Waals surface area contributed by atoms with Crippen molar-refractivity contribution in [3.8, 4) is 5.69 Å². The summed E-state index contributed by atoms with van der Waals surface area (Å²) in [5.41, 5.74) is 6.30. The molecule has 2 aromatic heterocycles. The molecule has 1 aliphatic carbocycles. The number of fused-ring (bicyclic) bond motifs is 1. The Kier molecular flexibility index (Phi) is 6.74. The molecule has 0 N–H and O–H groups in total. The summed E-state index contributed by atoms with van der Waals surface area (Å²) >= 11 is 3.50. The highest BCUT2D eigenvalue weighted by Gasteiger charge is 2.22. The van der Waals surface area contributed by atoms with Gasteiger partial charge in [-0.3, -0.25) is 4.79 Å². The Morgan fingerprint density at radius 3 is 2.51 bits per heavy atom. The van der Waals surface area contributed by atoms with Crippen LogP contribution in [0.2, 0.25) is 0 Å². The molecule has 0 atom stereocenters. The second-order valence-electron chi connectivity index (χ2n) is 9.51. The fraction of sp³-hybridized carbons (Fsp3) is 0.345. The lowest BCUT2D eigenvalue weighted by Crippen LogP contribution is -2.25. The summed E-state index contributed by atoms with van der Waals surface area (Å²) in [7, 11) is 0. The minimum Gasteiger partial charge on any atom is -0.318 e. The van der Waals surface area contributed by atoms with Crippen molar-refractivity contribution in [1.82, 2.24) is 14.2 Å². The van der Waals surface area contributed by atoms with Crippen molar-refractivity contribution in [2.75, 3.05) is 0 Å². The molecule has 0 amide bonds. The van der Waals surface area contributed by atoms with Gasteiger partial charge in [0, 0.05) is 33.0 Å². The largest absolute Gasteiger partial charge is 0.318 e. The molecule has 4 aromatic rings. The number of benzene rings is 2. The van der Waals surface area contributed by atoms with E-state index in [1.54, 1.807) is 4.68 Å². The Labute approximate surface area is 214 Å². The SMILES string of the molecule is CCc1ccc(-n2c(C)cc(C=Nn3c(C4CCCCC4)nc4ccc(Br)cc4c3=O)c2C)cc1. The number of aryl methyl sites for hydroxylation is 2. The van der Waals surface area contributed by atoms with Gasteiger partial charge in [-0.15, -0.1) is 0 Å². The minimum absolute atomic E-state index is 0.114. The highest BCUT2D eigenvalue weighted by Crippen LogP contribution is 2.32. The van der Waals surface area contributed by atoms with Crippen LogP contribution < -0.4 is 5.56 Å². The quantitative estimate of drug-likeness (QED) is 0.259. The summed E-state index contributed by atoms with van der Waals surface area (Å²) in [6.07, 6.45) is 8.52. The molecule has 0 radical (unpaired) electrons. The summed E-state index contributed by atoms with van der Waals surface area (Å²) in [5, 5.41) is 5.34. The fourth-order valence-electron chi connectivity index (χ4n) is 5.22. The van der Waals surface area contributed by atoms with E-state index in [1.807, 2.05) is 24.4 Å². The van der Waals surface area contributed by atoms with Gasteiger partial charge in [-0.1, -0.05) is 54.2 Å². The molecule has 1 saturated carbocycles. The van der Waals surface area contributed by atoms with E-state index < -0.39 is 0 Å². The molecule has 2 heterocycles. The predicted octanol–water partition coefficient (Wildman–Crippen LogP) is 7.06. The van der Waals surface area contributed by atoms with Crippen LogP contribution in [0, 0.1) is 13.8 Å². The summed E-state index contributed by atoms with van der Waals surface area (Å²) in [4.78, 5) is 18.5. The average molecular weight is 531 g/mol. The van der Waals surface area contributed by atoms with Crippen LogP contribution in [0.5, 0.6) is 0 Å². The summed E-state index contributed by atoms with van der Waals surface area (Å²) < 4.78 is 4.65. The molecule has 0 aliphatic heterocycles. The normalized spacial score (nSPS) is 14.9. The van der Waals surface area contributed by atoms with Gasteiger partial charge in [0.1, 0.15) is 5.82 Å². The minimum atomic E-state index is -0.114. The second kappa shape index (κ2) is 9.94. The molecule has 180 valence electrons. The van der Waals surface area contributed by atoms with Crippen LogP contribution in [0.4, 0.5) is 0 Å². The Bertz CT molecular complexity index is 1460. The first kappa shape index (κ1) is 23.7. The van der Waals surface area contributed by atoms with Crippen LogP contribution in [-0.4, -0.2) is 20.4 Å². The molecule has 1 fully saturated rings. The van der Waals surface area contributed by atoms with Crippen molar-refractivity contribution in [2.24, 2.45) is 5.10 Å². The van der Waals surface area contributed by atoms with E-state index in [0.29, 0.717) is 5.39 Å². The molecular formula is C29H31BrN4O. The number of hydrogen-bond donors (Lipinski definition) is 0. The van der Waals surface area contributed by atoms with Gasteiger partial charge in [0.2, 0.25) is 0 Å². The van der Waals surface area contributed by atoms with Crippen LogP contribution >= 0.6 is 15.9 Å². The topological polar surface area (TPSA) is 52.2 Å². The third-order valence-electron chi connectivity index (χ3n) is 7.19.